The van der Waals surface area contributed by atoms with Gasteiger partial charge in [-0.1, -0.05) is 23.8 Å². The first-order chi connectivity index (χ1) is 10.0. The highest BCUT2D eigenvalue weighted by Gasteiger charge is 2.30. The molecule has 1 aromatic rings. The van der Waals surface area contributed by atoms with Crippen molar-refractivity contribution in [2.24, 2.45) is 0 Å². The zero-order chi connectivity index (χ0) is 15.4. The molecule has 0 radical (unpaired) electrons. The molecule has 116 valence electrons. The Hall–Kier alpha value is -1.39. The summed E-state index contributed by atoms with van der Waals surface area (Å²) in [6.07, 6.45) is 0.714. The molecule has 1 aromatic carbocycles. The number of hydrogen-bond acceptors (Lipinski definition) is 4. The number of rotatable bonds is 4. The van der Waals surface area contributed by atoms with Crippen LogP contribution in [0.1, 0.15) is 23.6 Å². The van der Waals surface area contributed by atoms with Crippen LogP contribution < -0.4 is 5.32 Å². The Bertz CT molecular complexity index is 502. The summed E-state index contributed by atoms with van der Waals surface area (Å²) in [6, 6.07) is 6.62. The summed E-state index contributed by atoms with van der Waals surface area (Å²) in [6.45, 7) is 9.03. The van der Waals surface area contributed by atoms with Crippen molar-refractivity contribution >= 4 is 5.97 Å². The Kier molecular flexibility index (Phi) is 5.37. The van der Waals surface area contributed by atoms with E-state index in [0.29, 0.717) is 12.5 Å². The molecule has 1 N–H and O–H groups in total. The Morgan fingerprint density at radius 3 is 2.86 bits per heavy atom. The molecule has 0 aromatic heterocycles. The van der Waals surface area contributed by atoms with Gasteiger partial charge >= 0.3 is 5.97 Å². The zero-order valence-electron chi connectivity index (χ0n) is 13.5. The van der Waals surface area contributed by atoms with E-state index in [1.807, 2.05) is 0 Å². The lowest BCUT2D eigenvalue weighted by Gasteiger charge is -2.36. The zero-order valence-corrected chi connectivity index (χ0v) is 13.5. The summed E-state index contributed by atoms with van der Waals surface area (Å²) in [5.41, 5.74) is 3.72. The second-order valence-corrected chi connectivity index (χ2v) is 6.02. The van der Waals surface area contributed by atoms with Crippen molar-refractivity contribution in [2.45, 2.75) is 39.3 Å². The molecule has 0 saturated carbocycles. The van der Waals surface area contributed by atoms with E-state index in [-0.39, 0.29) is 12.0 Å². The smallest absolute Gasteiger partial charge is 0.323 e. The summed E-state index contributed by atoms with van der Waals surface area (Å²) in [5.74, 6) is -0.135. The van der Waals surface area contributed by atoms with Crippen LogP contribution in [-0.2, 0) is 16.0 Å². The topological polar surface area (TPSA) is 41.6 Å². The van der Waals surface area contributed by atoms with E-state index in [0.717, 1.165) is 19.6 Å². The molecule has 4 heteroatoms. The van der Waals surface area contributed by atoms with E-state index in [1.165, 1.54) is 23.8 Å². The molecule has 0 bridgehead atoms. The van der Waals surface area contributed by atoms with Gasteiger partial charge in [0, 0.05) is 25.7 Å². The molecule has 21 heavy (non-hydrogen) atoms. The SMILES string of the molecule is COC(=O)[C@H](Cc1ccc(C)cc1C)N1CCN[C@@H](C)C1. The normalized spacial score (nSPS) is 21.0. The predicted molar refractivity (Wildman–Crippen MR) is 84.5 cm³/mol. The fourth-order valence-electron chi connectivity index (χ4n) is 3.03. The van der Waals surface area contributed by atoms with E-state index >= 15 is 0 Å². The van der Waals surface area contributed by atoms with Crippen LogP contribution in [0, 0.1) is 13.8 Å². The fraction of sp³-hybridized carbons (Fsp3) is 0.588. The number of ether oxygens (including phenoxy) is 1. The van der Waals surface area contributed by atoms with Gasteiger partial charge in [-0.2, -0.15) is 0 Å². The van der Waals surface area contributed by atoms with Gasteiger partial charge in [0.15, 0.2) is 0 Å². The van der Waals surface area contributed by atoms with Crippen molar-refractivity contribution in [3.05, 3.63) is 34.9 Å². The van der Waals surface area contributed by atoms with Crippen molar-refractivity contribution in [1.82, 2.24) is 10.2 Å². The quantitative estimate of drug-likeness (QED) is 0.857. The Morgan fingerprint density at radius 1 is 1.48 bits per heavy atom. The number of benzene rings is 1. The minimum absolute atomic E-state index is 0.135. The second kappa shape index (κ2) is 7.05. The molecule has 0 unspecified atom stereocenters. The van der Waals surface area contributed by atoms with Gasteiger partial charge in [0.1, 0.15) is 6.04 Å². The molecule has 0 aliphatic carbocycles. The number of piperazine rings is 1. The highest BCUT2D eigenvalue weighted by atomic mass is 16.5. The van der Waals surface area contributed by atoms with Gasteiger partial charge in [0.25, 0.3) is 0 Å². The van der Waals surface area contributed by atoms with Crippen LogP contribution in [0.15, 0.2) is 18.2 Å². The summed E-state index contributed by atoms with van der Waals surface area (Å²) in [7, 11) is 1.48. The number of esters is 1. The largest absolute Gasteiger partial charge is 0.468 e. The number of carbonyl (C=O) groups is 1. The summed E-state index contributed by atoms with van der Waals surface area (Å²) < 4.78 is 5.04. The highest BCUT2D eigenvalue weighted by molar-refractivity contribution is 5.76. The van der Waals surface area contributed by atoms with E-state index < -0.39 is 0 Å². The first kappa shape index (κ1) is 16.0. The lowest BCUT2D eigenvalue weighted by Crippen LogP contribution is -2.55. The van der Waals surface area contributed by atoms with Crippen LogP contribution in [0.5, 0.6) is 0 Å². The van der Waals surface area contributed by atoms with Crippen molar-refractivity contribution in [3.63, 3.8) is 0 Å². The summed E-state index contributed by atoms with van der Waals surface area (Å²) in [5, 5.41) is 3.41. The molecule has 1 heterocycles. The Labute approximate surface area is 127 Å². The average Bonchev–Trinajstić information content (AvgIpc) is 2.45. The van der Waals surface area contributed by atoms with Gasteiger partial charge in [0.2, 0.25) is 0 Å². The lowest BCUT2D eigenvalue weighted by atomic mass is 9.97. The average molecular weight is 290 g/mol. The van der Waals surface area contributed by atoms with Crippen LogP contribution >= 0.6 is 0 Å². The summed E-state index contributed by atoms with van der Waals surface area (Å²) >= 11 is 0. The van der Waals surface area contributed by atoms with Crippen LogP contribution in [0.25, 0.3) is 0 Å². The molecule has 2 atom stereocenters. The number of nitrogens with zero attached hydrogens (tertiary/aromatic N) is 1. The fourth-order valence-corrected chi connectivity index (χ4v) is 3.03. The van der Waals surface area contributed by atoms with E-state index in [9.17, 15) is 4.79 Å². The van der Waals surface area contributed by atoms with E-state index in [4.69, 9.17) is 4.74 Å². The summed E-state index contributed by atoms with van der Waals surface area (Å²) in [4.78, 5) is 14.5. The van der Waals surface area contributed by atoms with Gasteiger partial charge in [-0.25, -0.2) is 0 Å². The van der Waals surface area contributed by atoms with Gasteiger partial charge in [-0.05, 0) is 38.3 Å². The van der Waals surface area contributed by atoms with E-state index in [2.05, 4.69) is 49.2 Å². The van der Waals surface area contributed by atoms with Crippen LogP contribution in [0.3, 0.4) is 0 Å². The number of methoxy groups -OCH3 is 1. The predicted octanol–water partition coefficient (Wildman–Crippen LogP) is 1.68. The number of aryl methyl sites for hydroxylation is 2. The van der Waals surface area contributed by atoms with Crippen LogP contribution in [0.4, 0.5) is 0 Å². The first-order valence-electron chi connectivity index (χ1n) is 7.62. The monoisotopic (exact) mass is 290 g/mol. The molecular weight excluding hydrogens is 264 g/mol. The molecule has 1 aliphatic rings. The maximum Gasteiger partial charge on any atom is 0.323 e. The van der Waals surface area contributed by atoms with Crippen molar-refractivity contribution in [2.75, 3.05) is 26.7 Å². The number of hydrogen-bond donors (Lipinski definition) is 1. The van der Waals surface area contributed by atoms with Gasteiger partial charge < -0.3 is 10.1 Å². The third kappa shape index (κ3) is 4.05. The van der Waals surface area contributed by atoms with Crippen molar-refractivity contribution in [3.8, 4) is 0 Å². The van der Waals surface area contributed by atoms with Crippen molar-refractivity contribution in [1.29, 1.82) is 0 Å². The van der Waals surface area contributed by atoms with Crippen molar-refractivity contribution < 1.29 is 9.53 Å². The minimum atomic E-state index is -0.194. The molecule has 4 nitrogen and oxygen atoms in total. The number of nitrogens with one attached hydrogen (secondary N) is 1. The molecule has 2 rings (SSSR count). The minimum Gasteiger partial charge on any atom is -0.468 e. The van der Waals surface area contributed by atoms with Gasteiger partial charge in [0.05, 0.1) is 7.11 Å². The van der Waals surface area contributed by atoms with E-state index in [1.54, 1.807) is 0 Å². The highest BCUT2D eigenvalue weighted by Crippen LogP contribution is 2.17. The third-order valence-corrected chi connectivity index (χ3v) is 4.23. The maximum atomic E-state index is 12.2. The Balaban J connectivity index is 2.18. The third-order valence-electron chi connectivity index (χ3n) is 4.23. The Morgan fingerprint density at radius 2 is 2.24 bits per heavy atom. The molecular formula is C17H26N2O2. The van der Waals surface area contributed by atoms with Crippen LogP contribution in [-0.4, -0.2) is 49.7 Å². The van der Waals surface area contributed by atoms with Gasteiger partial charge in [-0.15, -0.1) is 0 Å². The second-order valence-electron chi connectivity index (χ2n) is 6.02. The number of carbonyl (C=O) groups excluding carboxylic acids is 1. The lowest BCUT2D eigenvalue weighted by molar-refractivity contribution is -0.147. The molecule has 1 fully saturated rings. The molecule has 0 amide bonds. The first-order valence-corrected chi connectivity index (χ1v) is 7.62. The maximum absolute atomic E-state index is 12.2. The van der Waals surface area contributed by atoms with Gasteiger partial charge in [-0.3, -0.25) is 9.69 Å². The molecule has 0 spiro atoms. The van der Waals surface area contributed by atoms with Crippen LogP contribution in [0.2, 0.25) is 0 Å². The standard InChI is InChI=1S/C17H26N2O2/c1-12-5-6-15(13(2)9-12)10-16(17(20)21-4)19-8-7-18-14(3)11-19/h5-6,9,14,16,18H,7-8,10-11H2,1-4H3/t14-,16-/m0/s1. The molecule has 1 aliphatic heterocycles. The molecule has 1 saturated heterocycles.